The first kappa shape index (κ1) is 7.17. The monoisotopic (exact) mass is 162 g/mol. The van der Waals surface area contributed by atoms with Crippen LogP contribution in [0.15, 0.2) is 22.8 Å². The molecule has 0 fully saturated rings. The Morgan fingerprint density at radius 1 is 1.67 bits per heavy atom. The molecule has 0 saturated heterocycles. The summed E-state index contributed by atoms with van der Waals surface area (Å²) in [7, 11) is 0. The van der Waals surface area contributed by atoms with Crippen LogP contribution in [0.1, 0.15) is 13.3 Å². The molecule has 1 atom stereocenters. The Morgan fingerprint density at radius 2 is 2.33 bits per heavy atom. The van der Waals surface area contributed by atoms with Crippen molar-refractivity contribution >= 4 is 23.2 Å². The molecule has 50 valence electrons. The lowest BCUT2D eigenvalue weighted by Crippen LogP contribution is -1.98. The van der Waals surface area contributed by atoms with Gasteiger partial charge in [-0.2, -0.15) is 0 Å². The standard InChI is InChI=1S/C7H8Cl2/c1-5-2-6(8)4-7(9)3-5/h2-3,6H,4H2,1H3. The minimum Gasteiger partial charge on any atom is -0.118 e. The molecule has 1 aliphatic rings. The van der Waals surface area contributed by atoms with Crippen molar-refractivity contribution in [3.63, 3.8) is 0 Å². The zero-order chi connectivity index (χ0) is 6.85. The van der Waals surface area contributed by atoms with Crippen LogP contribution < -0.4 is 0 Å². The summed E-state index contributed by atoms with van der Waals surface area (Å²) >= 11 is 11.5. The van der Waals surface area contributed by atoms with Gasteiger partial charge in [-0.15, -0.1) is 11.6 Å². The van der Waals surface area contributed by atoms with Crippen LogP contribution in [-0.2, 0) is 0 Å². The fourth-order valence-electron chi connectivity index (χ4n) is 0.885. The third kappa shape index (κ3) is 2.04. The number of allylic oxidation sites excluding steroid dienone is 4. The van der Waals surface area contributed by atoms with Gasteiger partial charge in [0.05, 0.1) is 5.38 Å². The summed E-state index contributed by atoms with van der Waals surface area (Å²) in [6, 6.07) is 0. The van der Waals surface area contributed by atoms with E-state index in [0.29, 0.717) is 0 Å². The van der Waals surface area contributed by atoms with Gasteiger partial charge < -0.3 is 0 Å². The highest BCUT2D eigenvalue weighted by Crippen LogP contribution is 2.23. The van der Waals surface area contributed by atoms with E-state index in [0.717, 1.165) is 17.0 Å². The van der Waals surface area contributed by atoms with Crippen LogP contribution in [0, 0.1) is 0 Å². The van der Waals surface area contributed by atoms with Crippen molar-refractivity contribution in [3.8, 4) is 0 Å². The number of alkyl halides is 1. The molecule has 0 aromatic carbocycles. The molecule has 0 aromatic rings. The summed E-state index contributed by atoms with van der Waals surface area (Å²) in [6.07, 6.45) is 4.73. The van der Waals surface area contributed by atoms with Crippen molar-refractivity contribution in [3.05, 3.63) is 22.8 Å². The minimum absolute atomic E-state index is 0.0995. The second-order valence-electron chi connectivity index (χ2n) is 2.22. The Bertz CT molecular complexity index is 168. The van der Waals surface area contributed by atoms with Crippen LogP contribution >= 0.6 is 23.2 Å². The predicted octanol–water partition coefficient (Wildman–Crippen LogP) is 3.07. The molecule has 1 rings (SSSR count). The lowest BCUT2D eigenvalue weighted by atomic mass is 10.1. The Hall–Kier alpha value is 0.0600. The maximum absolute atomic E-state index is 5.80. The molecule has 0 aromatic heterocycles. The first-order valence-corrected chi connectivity index (χ1v) is 3.68. The largest absolute Gasteiger partial charge is 0.118 e. The second-order valence-corrected chi connectivity index (χ2v) is 3.27. The third-order valence-corrected chi connectivity index (χ3v) is 1.76. The predicted molar refractivity (Wildman–Crippen MR) is 42.0 cm³/mol. The van der Waals surface area contributed by atoms with E-state index in [1.165, 1.54) is 0 Å². The molecule has 0 aliphatic heterocycles. The molecule has 1 aliphatic carbocycles. The van der Waals surface area contributed by atoms with Crippen molar-refractivity contribution in [2.75, 3.05) is 0 Å². The molecule has 0 heterocycles. The maximum atomic E-state index is 5.80. The number of hydrogen-bond donors (Lipinski definition) is 0. The van der Waals surface area contributed by atoms with Gasteiger partial charge in [-0.25, -0.2) is 0 Å². The van der Waals surface area contributed by atoms with Gasteiger partial charge in [-0.05, 0) is 13.0 Å². The van der Waals surface area contributed by atoms with Crippen molar-refractivity contribution in [2.45, 2.75) is 18.7 Å². The average molecular weight is 163 g/mol. The minimum atomic E-state index is 0.0995. The van der Waals surface area contributed by atoms with E-state index < -0.39 is 0 Å². The lowest BCUT2D eigenvalue weighted by Gasteiger charge is -2.09. The normalized spacial score (nSPS) is 27.2. The van der Waals surface area contributed by atoms with Gasteiger partial charge in [0, 0.05) is 11.5 Å². The van der Waals surface area contributed by atoms with E-state index in [9.17, 15) is 0 Å². The molecular formula is C7H8Cl2. The number of halogens is 2. The fraction of sp³-hybridized carbons (Fsp3) is 0.429. The molecule has 9 heavy (non-hydrogen) atoms. The van der Waals surface area contributed by atoms with Gasteiger partial charge in [0.25, 0.3) is 0 Å². The van der Waals surface area contributed by atoms with Crippen molar-refractivity contribution in [2.24, 2.45) is 0 Å². The Balaban J connectivity index is 2.74. The summed E-state index contributed by atoms with van der Waals surface area (Å²) in [5.74, 6) is 0. The van der Waals surface area contributed by atoms with Gasteiger partial charge in [0.2, 0.25) is 0 Å². The summed E-state index contributed by atoms with van der Waals surface area (Å²) in [5, 5.41) is 0.956. The fourth-order valence-corrected chi connectivity index (χ4v) is 1.67. The number of rotatable bonds is 0. The summed E-state index contributed by atoms with van der Waals surface area (Å²) in [4.78, 5) is 0. The lowest BCUT2D eigenvalue weighted by molar-refractivity contribution is 1.01. The third-order valence-electron chi connectivity index (χ3n) is 1.22. The van der Waals surface area contributed by atoms with Crippen LogP contribution in [-0.4, -0.2) is 5.38 Å². The molecule has 0 saturated carbocycles. The van der Waals surface area contributed by atoms with Crippen LogP contribution in [0.25, 0.3) is 0 Å². The molecule has 0 radical (unpaired) electrons. The van der Waals surface area contributed by atoms with Crippen molar-refractivity contribution in [1.29, 1.82) is 0 Å². The molecule has 0 nitrogen and oxygen atoms in total. The zero-order valence-electron chi connectivity index (χ0n) is 5.20. The molecular weight excluding hydrogens is 155 g/mol. The van der Waals surface area contributed by atoms with Gasteiger partial charge in [-0.3, -0.25) is 0 Å². The Morgan fingerprint density at radius 3 is 2.78 bits per heavy atom. The summed E-state index contributed by atoms with van der Waals surface area (Å²) in [6.45, 7) is 2.00. The van der Waals surface area contributed by atoms with Gasteiger partial charge in [0.15, 0.2) is 0 Å². The Labute approximate surface area is 65.2 Å². The molecule has 0 N–H and O–H groups in total. The highest BCUT2D eigenvalue weighted by molar-refractivity contribution is 6.31. The van der Waals surface area contributed by atoms with Crippen LogP contribution in [0.5, 0.6) is 0 Å². The highest BCUT2D eigenvalue weighted by atomic mass is 35.5. The van der Waals surface area contributed by atoms with E-state index in [4.69, 9.17) is 23.2 Å². The topological polar surface area (TPSA) is 0 Å². The highest BCUT2D eigenvalue weighted by Gasteiger charge is 2.07. The molecule has 2 heteroatoms. The average Bonchev–Trinajstić information content (AvgIpc) is 1.59. The van der Waals surface area contributed by atoms with E-state index in [1.807, 2.05) is 19.1 Å². The van der Waals surface area contributed by atoms with Gasteiger partial charge >= 0.3 is 0 Å². The Kier molecular flexibility index (Phi) is 2.20. The zero-order valence-corrected chi connectivity index (χ0v) is 6.71. The number of hydrogen-bond acceptors (Lipinski definition) is 0. The maximum Gasteiger partial charge on any atom is 0.0570 e. The smallest absolute Gasteiger partial charge is 0.0570 e. The molecule has 0 bridgehead atoms. The first-order valence-electron chi connectivity index (χ1n) is 2.87. The SMILES string of the molecule is CC1=CC(Cl)CC(Cl)=C1. The van der Waals surface area contributed by atoms with Crippen molar-refractivity contribution < 1.29 is 0 Å². The second kappa shape index (κ2) is 2.76. The van der Waals surface area contributed by atoms with E-state index in [2.05, 4.69) is 0 Å². The molecule has 0 amide bonds. The van der Waals surface area contributed by atoms with Gasteiger partial charge in [0.1, 0.15) is 0 Å². The quantitative estimate of drug-likeness (QED) is 0.481. The molecule has 1 unspecified atom stereocenters. The van der Waals surface area contributed by atoms with Crippen LogP contribution in [0.3, 0.4) is 0 Å². The molecule has 0 spiro atoms. The van der Waals surface area contributed by atoms with Crippen LogP contribution in [0.4, 0.5) is 0 Å². The van der Waals surface area contributed by atoms with Gasteiger partial charge in [-0.1, -0.05) is 23.3 Å². The summed E-state index contributed by atoms with van der Waals surface area (Å²) < 4.78 is 0. The first-order chi connectivity index (χ1) is 4.18. The van der Waals surface area contributed by atoms with Crippen molar-refractivity contribution in [1.82, 2.24) is 0 Å². The summed E-state index contributed by atoms with van der Waals surface area (Å²) in [5.41, 5.74) is 1.16. The van der Waals surface area contributed by atoms with E-state index in [-0.39, 0.29) is 5.38 Å². The van der Waals surface area contributed by atoms with E-state index in [1.54, 1.807) is 0 Å². The van der Waals surface area contributed by atoms with Crippen LogP contribution in [0.2, 0.25) is 0 Å². The van der Waals surface area contributed by atoms with E-state index >= 15 is 0 Å².